The van der Waals surface area contributed by atoms with Gasteiger partial charge in [-0.2, -0.15) is 0 Å². The molecule has 0 spiro atoms. The van der Waals surface area contributed by atoms with E-state index >= 15 is 0 Å². The maximum absolute atomic E-state index is 9.05. The Balaban J connectivity index is 2.94. The molecule has 1 aromatic rings. The highest BCUT2D eigenvalue weighted by molar-refractivity contribution is 7.11. The standard InChI is InChI=1S/C6H8NOS/c1-4(2)5-6(8)9-3-7-5/h4,8H,1-2H3. The molecule has 0 amide bonds. The van der Waals surface area contributed by atoms with Gasteiger partial charge in [0.1, 0.15) is 0 Å². The van der Waals surface area contributed by atoms with Gasteiger partial charge in [0.15, 0.2) is 10.6 Å². The fourth-order valence-corrected chi connectivity index (χ4v) is 1.21. The van der Waals surface area contributed by atoms with Crippen molar-refractivity contribution in [2.45, 2.75) is 19.8 Å². The van der Waals surface area contributed by atoms with E-state index in [1.165, 1.54) is 0 Å². The fraction of sp³-hybridized carbons (Fsp3) is 0.500. The van der Waals surface area contributed by atoms with E-state index in [2.05, 4.69) is 10.5 Å². The third-order valence-electron chi connectivity index (χ3n) is 1.07. The van der Waals surface area contributed by atoms with Gasteiger partial charge in [0, 0.05) is 5.92 Å². The van der Waals surface area contributed by atoms with Crippen LogP contribution in [0.25, 0.3) is 0 Å². The lowest BCUT2D eigenvalue weighted by Gasteiger charge is -1.97. The largest absolute Gasteiger partial charge is 0.498 e. The maximum atomic E-state index is 9.05. The van der Waals surface area contributed by atoms with Gasteiger partial charge in [-0.15, -0.1) is 0 Å². The van der Waals surface area contributed by atoms with Crippen molar-refractivity contribution in [1.82, 2.24) is 4.98 Å². The quantitative estimate of drug-likeness (QED) is 0.648. The summed E-state index contributed by atoms with van der Waals surface area (Å²) in [5, 5.41) is 9.34. The molecule has 1 heterocycles. The number of aromatic hydroxyl groups is 1. The first-order valence-corrected chi connectivity index (χ1v) is 3.59. The molecule has 0 aromatic carbocycles. The van der Waals surface area contributed by atoms with Gasteiger partial charge in [0.2, 0.25) is 0 Å². The average molecular weight is 142 g/mol. The fourth-order valence-electron chi connectivity index (χ4n) is 0.591. The van der Waals surface area contributed by atoms with Gasteiger partial charge < -0.3 is 5.11 Å². The highest BCUT2D eigenvalue weighted by atomic mass is 32.1. The van der Waals surface area contributed by atoms with Gasteiger partial charge in [-0.05, 0) is 0 Å². The van der Waals surface area contributed by atoms with Crippen LogP contribution in [-0.4, -0.2) is 10.1 Å². The van der Waals surface area contributed by atoms with Gasteiger partial charge in [-0.25, -0.2) is 4.98 Å². The first-order chi connectivity index (χ1) is 4.22. The molecule has 49 valence electrons. The molecule has 0 atom stereocenters. The van der Waals surface area contributed by atoms with Crippen LogP contribution >= 0.6 is 11.3 Å². The summed E-state index contributed by atoms with van der Waals surface area (Å²) in [5.41, 5.74) is 3.37. The molecule has 0 saturated heterocycles. The second kappa shape index (κ2) is 2.35. The highest BCUT2D eigenvalue weighted by Crippen LogP contribution is 2.26. The Morgan fingerprint density at radius 3 is 2.56 bits per heavy atom. The van der Waals surface area contributed by atoms with E-state index < -0.39 is 0 Å². The summed E-state index contributed by atoms with van der Waals surface area (Å²) >= 11 is 1.15. The zero-order valence-electron chi connectivity index (χ0n) is 5.38. The number of thiazole rings is 1. The van der Waals surface area contributed by atoms with Gasteiger partial charge in [0.05, 0.1) is 5.69 Å². The first-order valence-electron chi connectivity index (χ1n) is 2.77. The summed E-state index contributed by atoms with van der Waals surface area (Å²) < 4.78 is 0. The summed E-state index contributed by atoms with van der Waals surface area (Å²) in [6.07, 6.45) is 0. The van der Waals surface area contributed by atoms with Crippen molar-refractivity contribution in [3.8, 4) is 5.06 Å². The Morgan fingerprint density at radius 2 is 2.33 bits per heavy atom. The number of hydrogen-bond donors (Lipinski definition) is 1. The Labute approximate surface area is 58.2 Å². The molecule has 0 fully saturated rings. The van der Waals surface area contributed by atoms with Gasteiger partial charge >= 0.3 is 0 Å². The molecule has 0 aliphatic rings. The molecule has 9 heavy (non-hydrogen) atoms. The van der Waals surface area contributed by atoms with Crippen LogP contribution in [0.4, 0.5) is 0 Å². The number of hydrogen-bond acceptors (Lipinski definition) is 3. The molecular weight excluding hydrogens is 134 g/mol. The summed E-state index contributed by atoms with van der Waals surface area (Å²) in [7, 11) is 0. The molecule has 0 saturated carbocycles. The predicted molar refractivity (Wildman–Crippen MR) is 36.7 cm³/mol. The number of nitrogens with zero attached hydrogens (tertiary/aromatic N) is 1. The lowest BCUT2D eigenvalue weighted by Crippen LogP contribution is -1.85. The SMILES string of the molecule is CC(C)c1n[c]sc1O. The van der Waals surface area contributed by atoms with E-state index in [1.807, 2.05) is 13.8 Å². The predicted octanol–water partition coefficient (Wildman–Crippen LogP) is 1.77. The molecule has 1 aromatic heterocycles. The monoisotopic (exact) mass is 142 g/mol. The van der Waals surface area contributed by atoms with E-state index in [1.54, 1.807) is 0 Å². The van der Waals surface area contributed by atoms with Crippen LogP contribution in [0.3, 0.4) is 0 Å². The van der Waals surface area contributed by atoms with E-state index in [0.717, 1.165) is 17.0 Å². The number of aromatic nitrogens is 1. The Kier molecular flexibility index (Phi) is 1.71. The van der Waals surface area contributed by atoms with Gasteiger partial charge in [0.25, 0.3) is 0 Å². The van der Waals surface area contributed by atoms with Gasteiger partial charge in [-0.1, -0.05) is 25.2 Å². The molecule has 1 N–H and O–H groups in total. The molecule has 2 nitrogen and oxygen atoms in total. The average Bonchev–Trinajstić information content (AvgIpc) is 2.13. The van der Waals surface area contributed by atoms with Crippen molar-refractivity contribution in [3.05, 3.63) is 11.2 Å². The third-order valence-corrected chi connectivity index (χ3v) is 1.66. The third kappa shape index (κ3) is 1.21. The molecule has 3 heteroatoms. The molecule has 0 aliphatic heterocycles. The van der Waals surface area contributed by atoms with Crippen LogP contribution in [0.5, 0.6) is 5.06 Å². The van der Waals surface area contributed by atoms with E-state index in [-0.39, 0.29) is 0 Å². The topological polar surface area (TPSA) is 33.1 Å². The van der Waals surface area contributed by atoms with Crippen LogP contribution in [0.1, 0.15) is 25.5 Å². The summed E-state index contributed by atoms with van der Waals surface area (Å²) in [6.45, 7) is 3.98. The van der Waals surface area contributed by atoms with Crippen LogP contribution < -0.4 is 0 Å². The molecule has 0 aliphatic carbocycles. The molecule has 0 bridgehead atoms. The van der Waals surface area contributed by atoms with E-state index in [9.17, 15) is 0 Å². The minimum atomic E-state index is 0.296. The lowest BCUT2D eigenvalue weighted by atomic mass is 10.2. The van der Waals surface area contributed by atoms with Crippen molar-refractivity contribution >= 4 is 11.3 Å². The number of rotatable bonds is 1. The Morgan fingerprint density at radius 1 is 1.67 bits per heavy atom. The molecule has 1 rings (SSSR count). The second-order valence-electron chi connectivity index (χ2n) is 2.15. The maximum Gasteiger partial charge on any atom is 0.195 e. The van der Waals surface area contributed by atoms with Crippen LogP contribution in [0.15, 0.2) is 0 Å². The van der Waals surface area contributed by atoms with Crippen molar-refractivity contribution in [1.29, 1.82) is 0 Å². The normalized spacial score (nSPS) is 10.6. The van der Waals surface area contributed by atoms with E-state index in [0.29, 0.717) is 11.0 Å². The van der Waals surface area contributed by atoms with Crippen LogP contribution in [0.2, 0.25) is 0 Å². The zero-order valence-corrected chi connectivity index (χ0v) is 6.20. The second-order valence-corrected chi connectivity index (χ2v) is 2.92. The molecular formula is C6H8NOS. The van der Waals surface area contributed by atoms with Crippen molar-refractivity contribution in [3.63, 3.8) is 0 Å². The molecule has 0 unspecified atom stereocenters. The summed E-state index contributed by atoms with van der Waals surface area (Å²) in [5.74, 6) is 0.299. The smallest absolute Gasteiger partial charge is 0.195 e. The van der Waals surface area contributed by atoms with Crippen molar-refractivity contribution in [2.24, 2.45) is 0 Å². The summed E-state index contributed by atoms with van der Waals surface area (Å²) in [4.78, 5) is 3.86. The molecule has 1 radical (unpaired) electrons. The van der Waals surface area contributed by atoms with Crippen molar-refractivity contribution in [2.75, 3.05) is 0 Å². The van der Waals surface area contributed by atoms with Crippen molar-refractivity contribution < 1.29 is 5.11 Å². The van der Waals surface area contributed by atoms with Crippen LogP contribution in [0, 0.1) is 5.51 Å². The van der Waals surface area contributed by atoms with Crippen LogP contribution in [-0.2, 0) is 0 Å². The Bertz CT molecular complexity index is 195. The minimum Gasteiger partial charge on any atom is -0.498 e. The van der Waals surface area contributed by atoms with Gasteiger partial charge in [-0.3, -0.25) is 0 Å². The summed E-state index contributed by atoms with van der Waals surface area (Å²) in [6, 6.07) is 0. The minimum absolute atomic E-state index is 0.296. The highest BCUT2D eigenvalue weighted by Gasteiger charge is 2.07. The van der Waals surface area contributed by atoms with E-state index in [4.69, 9.17) is 5.11 Å². The first kappa shape index (κ1) is 6.55. The Hall–Kier alpha value is -0.570. The lowest BCUT2D eigenvalue weighted by molar-refractivity contribution is 0.478. The zero-order chi connectivity index (χ0) is 6.85.